The number of benzene rings is 2. The van der Waals surface area contributed by atoms with Gasteiger partial charge in [0.15, 0.2) is 0 Å². The average molecular weight is 453 g/mol. The van der Waals surface area contributed by atoms with Crippen molar-refractivity contribution in [1.82, 2.24) is 16.0 Å². The number of hydrogen-bond acceptors (Lipinski definition) is 5. The Kier molecular flexibility index (Phi) is 8.01. The van der Waals surface area contributed by atoms with E-state index in [0.717, 1.165) is 22.3 Å². The van der Waals surface area contributed by atoms with Crippen LogP contribution in [0.25, 0.3) is 11.1 Å². The highest BCUT2D eigenvalue weighted by Gasteiger charge is 2.29. The zero-order chi connectivity index (χ0) is 23.8. The lowest BCUT2D eigenvalue weighted by Gasteiger charge is -2.18. The lowest BCUT2D eigenvalue weighted by molar-refractivity contribution is -0.137. The fourth-order valence-corrected chi connectivity index (χ4v) is 3.82. The fraction of sp³-hybridized carbons (Fsp3) is 0.333. The molecule has 0 saturated carbocycles. The van der Waals surface area contributed by atoms with Crippen molar-refractivity contribution < 1.29 is 29.0 Å². The smallest absolute Gasteiger partial charge is 0.407 e. The van der Waals surface area contributed by atoms with Gasteiger partial charge in [-0.1, -0.05) is 55.5 Å². The van der Waals surface area contributed by atoms with Gasteiger partial charge in [-0.2, -0.15) is 0 Å². The van der Waals surface area contributed by atoms with E-state index in [2.05, 4.69) is 28.1 Å². The van der Waals surface area contributed by atoms with Gasteiger partial charge in [0, 0.05) is 18.4 Å². The molecule has 9 nitrogen and oxygen atoms in total. The van der Waals surface area contributed by atoms with Crippen LogP contribution >= 0.6 is 0 Å². The van der Waals surface area contributed by atoms with E-state index in [4.69, 9.17) is 9.84 Å². The van der Waals surface area contributed by atoms with Crippen LogP contribution in [0.15, 0.2) is 48.5 Å². The molecule has 3 amide bonds. The number of aliphatic carboxylic acids is 1. The first-order valence-electron chi connectivity index (χ1n) is 10.8. The van der Waals surface area contributed by atoms with Gasteiger partial charge in [-0.25, -0.2) is 4.79 Å². The monoisotopic (exact) mass is 453 g/mol. The standard InChI is InChI=1S/C24H27N3O6/c1-2-15(11-21(28)25-12-22(29)26-13-23(30)31)27-24(32)33-14-20-18-9-5-3-7-16(18)17-8-4-6-10-19(17)20/h3-10,15,20H,2,11-14H2,1H3,(H,25,28)(H,26,29)(H,27,32)(H,30,31). The normalized spacial score (nSPS) is 12.8. The summed E-state index contributed by atoms with van der Waals surface area (Å²) in [7, 11) is 0. The van der Waals surface area contributed by atoms with Crippen LogP contribution in [0, 0.1) is 0 Å². The molecule has 3 rings (SSSR count). The van der Waals surface area contributed by atoms with Gasteiger partial charge in [-0.3, -0.25) is 14.4 Å². The molecule has 9 heteroatoms. The molecule has 0 aliphatic heterocycles. The van der Waals surface area contributed by atoms with E-state index in [1.54, 1.807) is 0 Å². The third-order valence-electron chi connectivity index (χ3n) is 5.47. The number of nitrogens with one attached hydrogen (secondary N) is 3. The summed E-state index contributed by atoms with van der Waals surface area (Å²) in [5, 5.41) is 15.8. The van der Waals surface area contributed by atoms with Crippen LogP contribution in [-0.4, -0.2) is 54.7 Å². The van der Waals surface area contributed by atoms with Gasteiger partial charge in [0.2, 0.25) is 11.8 Å². The maximum Gasteiger partial charge on any atom is 0.407 e. The Morgan fingerprint density at radius 1 is 0.909 bits per heavy atom. The number of alkyl carbamates (subject to hydrolysis) is 1. The number of fused-ring (bicyclic) bond motifs is 3. The van der Waals surface area contributed by atoms with Crippen LogP contribution in [0.3, 0.4) is 0 Å². The maximum atomic E-state index is 12.4. The van der Waals surface area contributed by atoms with Crippen molar-refractivity contribution in [2.45, 2.75) is 31.7 Å². The molecular formula is C24H27N3O6. The van der Waals surface area contributed by atoms with Crippen molar-refractivity contribution in [3.8, 4) is 11.1 Å². The Hall–Kier alpha value is -3.88. The largest absolute Gasteiger partial charge is 0.480 e. The zero-order valence-corrected chi connectivity index (χ0v) is 18.3. The first-order valence-corrected chi connectivity index (χ1v) is 10.8. The summed E-state index contributed by atoms with van der Waals surface area (Å²) in [5.74, 6) is -2.28. The molecule has 0 fully saturated rings. The number of carbonyl (C=O) groups is 4. The molecule has 0 heterocycles. The lowest BCUT2D eigenvalue weighted by Crippen LogP contribution is -2.42. The van der Waals surface area contributed by atoms with Gasteiger partial charge in [-0.15, -0.1) is 0 Å². The van der Waals surface area contributed by atoms with Crippen LogP contribution < -0.4 is 16.0 Å². The van der Waals surface area contributed by atoms with Crippen LogP contribution in [0.1, 0.15) is 36.8 Å². The van der Waals surface area contributed by atoms with E-state index in [0.29, 0.717) is 6.42 Å². The Balaban J connectivity index is 1.48. The summed E-state index contributed by atoms with van der Waals surface area (Å²) in [6.07, 6.45) is -0.161. The highest BCUT2D eigenvalue weighted by Crippen LogP contribution is 2.44. The summed E-state index contributed by atoms with van der Waals surface area (Å²) in [5.41, 5.74) is 4.49. The van der Waals surface area contributed by atoms with E-state index in [-0.39, 0.29) is 25.5 Å². The molecule has 2 aromatic rings. The maximum absolute atomic E-state index is 12.4. The Morgan fingerprint density at radius 2 is 1.48 bits per heavy atom. The van der Waals surface area contributed by atoms with E-state index < -0.39 is 36.5 Å². The van der Waals surface area contributed by atoms with E-state index in [1.165, 1.54) is 0 Å². The van der Waals surface area contributed by atoms with E-state index in [9.17, 15) is 19.2 Å². The molecular weight excluding hydrogens is 426 g/mol. The predicted octanol–water partition coefficient (Wildman–Crippen LogP) is 2.01. The average Bonchev–Trinajstić information content (AvgIpc) is 3.13. The third kappa shape index (κ3) is 6.31. The fourth-order valence-electron chi connectivity index (χ4n) is 3.82. The number of carboxylic acids is 1. The minimum Gasteiger partial charge on any atom is -0.480 e. The topological polar surface area (TPSA) is 134 Å². The number of ether oxygens (including phenoxy) is 1. The molecule has 0 spiro atoms. The van der Waals surface area contributed by atoms with Crippen LogP contribution in [0.4, 0.5) is 4.79 Å². The molecule has 0 saturated heterocycles. The van der Waals surface area contributed by atoms with Crippen molar-refractivity contribution in [1.29, 1.82) is 0 Å². The number of amides is 3. The summed E-state index contributed by atoms with van der Waals surface area (Å²) in [4.78, 5) is 46.4. The summed E-state index contributed by atoms with van der Waals surface area (Å²) in [6, 6.07) is 15.6. The van der Waals surface area contributed by atoms with Crippen LogP contribution in [0.5, 0.6) is 0 Å². The lowest BCUT2D eigenvalue weighted by atomic mass is 9.98. The minimum absolute atomic E-state index is 0.0348. The molecule has 2 aromatic carbocycles. The summed E-state index contributed by atoms with van der Waals surface area (Å²) >= 11 is 0. The highest BCUT2D eigenvalue weighted by molar-refractivity contribution is 5.87. The van der Waals surface area contributed by atoms with Gasteiger partial charge in [0.25, 0.3) is 0 Å². The summed E-state index contributed by atoms with van der Waals surface area (Å²) < 4.78 is 5.50. The second-order valence-electron chi connectivity index (χ2n) is 7.73. The number of rotatable bonds is 10. The molecule has 174 valence electrons. The Bertz CT molecular complexity index is 993. The SMILES string of the molecule is CCC(CC(=O)NCC(=O)NCC(=O)O)NC(=O)OCC1c2ccccc2-c2ccccc21. The second kappa shape index (κ2) is 11.1. The minimum atomic E-state index is -1.17. The van der Waals surface area contributed by atoms with Gasteiger partial charge in [-0.05, 0) is 28.7 Å². The number of carboxylic acid groups (broad SMARTS) is 1. The van der Waals surface area contributed by atoms with Gasteiger partial charge >= 0.3 is 12.1 Å². The van der Waals surface area contributed by atoms with Crippen LogP contribution in [0.2, 0.25) is 0 Å². The van der Waals surface area contributed by atoms with Crippen molar-refractivity contribution in [3.05, 3.63) is 59.7 Å². The molecule has 4 N–H and O–H groups in total. The van der Waals surface area contributed by atoms with Gasteiger partial charge in [0.1, 0.15) is 13.2 Å². The molecule has 1 atom stereocenters. The van der Waals surface area contributed by atoms with Crippen molar-refractivity contribution in [2.24, 2.45) is 0 Å². The van der Waals surface area contributed by atoms with Crippen molar-refractivity contribution in [3.63, 3.8) is 0 Å². The predicted molar refractivity (Wildman–Crippen MR) is 121 cm³/mol. The first-order chi connectivity index (χ1) is 15.9. The van der Waals surface area contributed by atoms with Crippen molar-refractivity contribution in [2.75, 3.05) is 19.7 Å². The van der Waals surface area contributed by atoms with Crippen molar-refractivity contribution >= 4 is 23.9 Å². The van der Waals surface area contributed by atoms with Gasteiger partial charge in [0.05, 0.1) is 6.54 Å². The first kappa shape index (κ1) is 23.8. The zero-order valence-electron chi connectivity index (χ0n) is 18.3. The molecule has 1 aliphatic rings. The number of hydrogen-bond donors (Lipinski definition) is 4. The Labute approximate surface area is 191 Å². The van der Waals surface area contributed by atoms with Crippen LogP contribution in [-0.2, 0) is 19.1 Å². The molecule has 0 bridgehead atoms. The molecule has 0 aromatic heterocycles. The molecule has 1 aliphatic carbocycles. The second-order valence-corrected chi connectivity index (χ2v) is 7.73. The highest BCUT2D eigenvalue weighted by atomic mass is 16.5. The Morgan fingerprint density at radius 3 is 2.06 bits per heavy atom. The quantitative estimate of drug-likeness (QED) is 0.435. The summed E-state index contributed by atoms with van der Waals surface area (Å²) in [6.45, 7) is 1.14. The van der Waals surface area contributed by atoms with Gasteiger partial charge < -0.3 is 25.8 Å². The third-order valence-corrected chi connectivity index (χ3v) is 5.47. The molecule has 0 radical (unpaired) electrons. The molecule has 1 unspecified atom stereocenters. The number of carbonyl (C=O) groups excluding carboxylic acids is 3. The van der Waals surface area contributed by atoms with E-state index in [1.807, 2.05) is 43.3 Å². The van der Waals surface area contributed by atoms with E-state index >= 15 is 0 Å². The molecule has 33 heavy (non-hydrogen) atoms.